The summed E-state index contributed by atoms with van der Waals surface area (Å²) in [5.74, 6) is 0.873. The first-order valence-corrected chi connectivity index (χ1v) is 6.60. The Morgan fingerprint density at radius 1 is 1.17 bits per heavy atom. The van der Waals surface area contributed by atoms with Gasteiger partial charge in [-0.15, -0.1) is 0 Å². The van der Waals surface area contributed by atoms with Gasteiger partial charge in [-0.3, -0.25) is 0 Å². The lowest BCUT2D eigenvalue weighted by Gasteiger charge is -2.11. The van der Waals surface area contributed by atoms with Crippen molar-refractivity contribution in [1.29, 1.82) is 0 Å². The molecule has 2 nitrogen and oxygen atoms in total. The molecule has 18 heavy (non-hydrogen) atoms. The molecule has 0 fully saturated rings. The van der Waals surface area contributed by atoms with Gasteiger partial charge in [0.1, 0.15) is 12.4 Å². The molecule has 0 amide bonds. The summed E-state index contributed by atoms with van der Waals surface area (Å²) in [6.45, 7) is 4.60. The molecule has 0 radical (unpaired) electrons. The molecular formula is C15H16BrNO. The van der Waals surface area contributed by atoms with Crippen LogP contribution in [0.5, 0.6) is 5.75 Å². The van der Waals surface area contributed by atoms with Crippen LogP contribution in [0.25, 0.3) is 0 Å². The summed E-state index contributed by atoms with van der Waals surface area (Å²) < 4.78 is 6.88. The molecule has 0 unspecified atom stereocenters. The van der Waals surface area contributed by atoms with E-state index in [0.29, 0.717) is 6.61 Å². The summed E-state index contributed by atoms with van der Waals surface area (Å²) in [7, 11) is 0. The van der Waals surface area contributed by atoms with Gasteiger partial charge in [-0.1, -0.05) is 28.1 Å². The predicted molar refractivity (Wildman–Crippen MR) is 78.8 cm³/mol. The summed E-state index contributed by atoms with van der Waals surface area (Å²) in [6, 6.07) is 11.9. The van der Waals surface area contributed by atoms with Crippen molar-refractivity contribution in [3.05, 3.63) is 57.6 Å². The molecule has 0 aliphatic rings. The van der Waals surface area contributed by atoms with Gasteiger partial charge < -0.3 is 10.5 Å². The van der Waals surface area contributed by atoms with Gasteiger partial charge in [0.25, 0.3) is 0 Å². The van der Waals surface area contributed by atoms with Crippen molar-refractivity contribution in [3.63, 3.8) is 0 Å². The maximum atomic E-state index is 5.87. The zero-order chi connectivity index (χ0) is 13.1. The highest BCUT2D eigenvalue weighted by Crippen LogP contribution is 2.23. The molecule has 0 heterocycles. The van der Waals surface area contributed by atoms with Crippen molar-refractivity contribution < 1.29 is 4.74 Å². The summed E-state index contributed by atoms with van der Waals surface area (Å²) in [5.41, 5.74) is 10.1. The molecule has 0 aromatic heterocycles. The Kier molecular flexibility index (Phi) is 3.92. The Hall–Kier alpha value is -1.48. The van der Waals surface area contributed by atoms with Crippen LogP contribution < -0.4 is 10.5 Å². The van der Waals surface area contributed by atoms with Gasteiger partial charge in [0, 0.05) is 10.2 Å². The number of hydrogen-bond donors (Lipinski definition) is 1. The quantitative estimate of drug-likeness (QED) is 0.861. The molecule has 0 aliphatic carbocycles. The molecular weight excluding hydrogens is 290 g/mol. The molecule has 2 rings (SSSR count). The third-order valence-corrected chi connectivity index (χ3v) is 3.90. The number of benzene rings is 2. The topological polar surface area (TPSA) is 35.2 Å². The minimum absolute atomic E-state index is 0.540. The van der Waals surface area contributed by atoms with Crippen molar-refractivity contribution in [1.82, 2.24) is 0 Å². The average Bonchev–Trinajstić information content (AvgIpc) is 2.35. The van der Waals surface area contributed by atoms with Gasteiger partial charge in [-0.2, -0.15) is 0 Å². The maximum absolute atomic E-state index is 5.87. The lowest BCUT2D eigenvalue weighted by molar-refractivity contribution is 0.305. The average molecular weight is 306 g/mol. The van der Waals surface area contributed by atoms with E-state index in [9.17, 15) is 0 Å². The first kappa shape index (κ1) is 13.0. The summed E-state index contributed by atoms with van der Waals surface area (Å²) in [4.78, 5) is 0. The second-order valence-electron chi connectivity index (χ2n) is 4.33. The Morgan fingerprint density at radius 2 is 1.94 bits per heavy atom. The molecule has 3 heteroatoms. The molecule has 2 N–H and O–H groups in total. The van der Waals surface area contributed by atoms with E-state index < -0.39 is 0 Å². The fourth-order valence-corrected chi connectivity index (χ4v) is 1.97. The molecule has 0 spiro atoms. The molecule has 0 atom stereocenters. The summed E-state index contributed by atoms with van der Waals surface area (Å²) >= 11 is 3.47. The van der Waals surface area contributed by atoms with Gasteiger partial charge in [0.2, 0.25) is 0 Å². The number of rotatable bonds is 3. The van der Waals surface area contributed by atoms with Crippen molar-refractivity contribution in [2.24, 2.45) is 0 Å². The zero-order valence-corrected chi connectivity index (χ0v) is 12.1. The standard InChI is InChI=1S/C15H16BrNO/c1-10-8-13(6-7-14(10)16)18-9-12-4-3-5-15(17)11(12)2/h3-8H,9,17H2,1-2H3. The SMILES string of the molecule is Cc1cc(OCc2cccc(N)c2C)ccc1Br. The molecule has 94 valence electrons. The molecule has 0 bridgehead atoms. The molecule has 2 aromatic rings. The lowest BCUT2D eigenvalue weighted by atomic mass is 10.1. The van der Waals surface area contributed by atoms with Gasteiger partial charge in [0.15, 0.2) is 0 Å². The van der Waals surface area contributed by atoms with Crippen LogP contribution in [0.15, 0.2) is 40.9 Å². The smallest absolute Gasteiger partial charge is 0.120 e. The van der Waals surface area contributed by atoms with Gasteiger partial charge >= 0.3 is 0 Å². The maximum Gasteiger partial charge on any atom is 0.120 e. The fraction of sp³-hybridized carbons (Fsp3) is 0.200. The fourth-order valence-electron chi connectivity index (χ4n) is 1.73. The van der Waals surface area contributed by atoms with Crippen LogP contribution >= 0.6 is 15.9 Å². The van der Waals surface area contributed by atoms with Crippen LogP contribution in [-0.4, -0.2) is 0 Å². The van der Waals surface area contributed by atoms with Gasteiger partial charge in [-0.05, 0) is 54.8 Å². The number of halogens is 1. The first-order chi connectivity index (χ1) is 8.58. The highest BCUT2D eigenvalue weighted by Gasteiger charge is 2.03. The molecule has 0 aliphatic heterocycles. The van der Waals surface area contributed by atoms with Crippen molar-refractivity contribution in [2.75, 3.05) is 5.73 Å². The Bertz CT molecular complexity index is 566. The van der Waals surface area contributed by atoms with Crippen LogP contribution in [0.4, 0.5) is 5.69 Å². The minimum Gasteiger partial charge on any atom is -0.489 e. The third kappa shape index (κ3) is 2.85. The Morgan fingerprint density at radius 3 is 2.67 bits per heavy atom. The van der Waals surface area contributed by atoms with Gasteiger partial charge in [-0.25, -0.2) is 0 Å². The van der Waals surface area contributed by atoms with E-state index in [4.69, 9.17) is 10.5 Å². The highest BCUT2D eigenvalue weighted by molar-refractivity contribution is 9.10. The third-order valence-electron chi connectivity index (χ3n) is 3.01. The van der Waals surface area contributed by atoms with E-state index in [0.717, 1.165) is 32.6 Å². The largest absolute Gasteiger partial charge is 0.489 e. The predicted octanol–water partition coefficient (Wildman–Crippen LogP) is 4.23. The number of aryl methyl sites for hydroxylation is 1. The highest BCUT2D eigenvalue weighted by atomic mass is 79.9. The van der Waals surface area contributed by atoms with Crippen LogP contribution in [0.3, 0.4) is 0 Å². The van der Waals surface area contributed by atoms with Crippen molar-refractivity contribution >= 4 is 21.6 Å². The monoisotopic (exact) mass is 305 g/mol. The van der Waals surface area contributed by atoms with E-state index in [1.165, 1.54) is 0 Å². The second kappa shape index (κ2) is 5.44. The molecule has 0 saturated heterocycles. The van der Waals surface area contributed by atoms with Crippen molar-refractivity contribution in [3.8, 4) is 5.75 Å². The number of nitrogens with two attached hydrogens (primary N) is 1. The van der Waals surface area contributed by atoms with Crippen LogP contribution in [0, 0.1) is 13.8 Å². The normalized spacial score (nSPS) is 10.4. The second-order valence-corrected chi connectivity index (χ2v) is 5.19. The zero-order valence-electron chi connectivity index (χ0n) is 10.5. The number of ether oxygens (including phenoxy) is 1. The van der Waals surface area contributed by atoms with Crippen LogP contribution in [0.2, 0.25) is 0 Å². The first-order valence-electron chi connectivity index (χ1n) is 5.81. The summed E-state index contributed by atoms with van der Waals surface area (Å²) in [6.07, 6.45) is 0. The van der Waals surface area contributed by atoms with Crippen LogP contribution in [-0.2, 0) is 6.61 Å². The van der Waals surface area contributed by atoms with Crippen LogP contribution in [0.1, 0.15) is 16.7 Å². The van der Waals surface area contributed by atoms with E-state index in [1.807, 2.05) is 50.2 Å². The van der Waals surface area contributed by atoms with E-state index in [-0.39, 0.29) is 0 Å². The Balaban J connectivity index is 2.11. The van der Waals surface area contributed by atoms with Crippen molar-refractivity contribution in [2.45, 2.75) is 20.5 Å². The summed E-state index contributed by atoms with van der Waals surface area (Å²) in [5, 5.41) is 0. The van der Waals surface area contributed by atoms with E-state index in [2.05, 4.69) is 15.9 Å². The van der Waals surface area contributed by atoms with E-state index in [1.54, 1.807) is 0 Å². The van der Waals surface area contributed by atoms with E-state index >= 15 is 0 Å². The number of anilines is 1. The Labute approximate surface area is 116 Å². The molecule has 0 saturated carbocycles. The lowest BCUT2D eigenvalue weighted by Crippen LogP contribution is -2.00. The number of nitrogen functional groups attached to an aromatic ring is 1. The molecule has 2 aromatic carbocycles. The minimum atomic E-state index is 0.540. The number of hydrogen-bond acceptors (Lipinski definition) is 2. The van der Waals surface area contributed by atoms with Gasteiger partial charge in [0.05, 0.1) is 0 Å².